The minimum atomic E-state index is 0.285. The molecule has 1 N–H and O–H groups in total. The van der Waals surface area contributed by atoms with Crippen molar-refractivity contribution >= 4 is 5.69 Å². The third-order valence-corrected chi connectivity index (χ3v) is 3.59. The first-order chi connectivity index (χ1) is 8.90. The average molecular weight is 247 g/mol. The van der Waals surface area contributed by atoms with Gasteiger partial charge in [0.25, 0.3) is 0 Å². The molecule has 1 saturated heterocycles. The molecule has 1 aromatic rings. The molecule has 1 heterocycles. The predicted molar refractivity (Wildman–Crippen MR) is 72.1 cm³/mol. The smallest absolute Gasteiger partial charge is 0.121 e. The lowest BCUT2D eigenvalue weighted by Crippen LogP contribution is -2.16. The van der Waals surface area contributed by atoms with E-state index in [2.05, 4.69) is 17.4 Å². The molecule has 1 atom stereocenters. The SMILES string of the molecule is c1cc(NCC2CC2)cc(OCC2CCCO2)c1. The Morgan fingerprint density at radius 3 is 3.00 bits per heavy atom. The molecule has 18 heavy (non-hydrogen) atoms. The first-order valence-electron chi connectivity index (χ1n) is 6.98. The number of benzene rings is 1. The van der Waals surface area contributed by atoms with E-state index in [-0.39, 0.29) is 6.10 Å². The Labute approximate surface area is 108 Å². The van der Waals surface area contributed by atoms with E-state index in [9.17, 15) is 0 Å². The summed E-state index contributed by atoms with van der Waals surface area (Å²) in [5.41, 5.74) is 1.16. The van der Waals surface area contributed by atoms with Crippen molar-refractivity contribution in [3.05, 3.63) is 24.3 Å². The van der Waals surface area contributed by atoms with Crippen molar-refractivity contribution < 1.29 is 9.47 Å². The Bertz CT molecular complexity index is 384. The maximum atomic E-state index is 5.79. The van der Waals surface area contributed by atoms with Gasteiger partial charge in [-0.15, -0.1) is 0 Å². The molecule has 3 rings (SSSR count). The summed E-state index contributed by atoms with van der Waals surface area (Å²) in [6.07, 6.45) is 5.33. The fourth-order valence-electron chi connectivity index (χ4n) is 2.24. The molecule has 1 aliphatic carbocycles. The van der Waals surface area contributed by atoms with Crippen LogP contribution in [0.4, 0.5) is 5.69 Å². The highest BCUT2D eigenvalue weighted by Gasteiger charge is 2.20. The van der Waals surface area contributed by atoms with Crippen molar-refractivity contribution in [2.75, 3.05) is 25.1 Å². The van der Waals surface area contributed by atoms with E-state index in [0.717, 1.165) is 43.3 Å². The molecule has 0 radical (unpaired) electrons. The van der Waals surface area contributed by atoms with Crippen LogP contribution in [-0.2, 0) is 4.74 Å². The van der Waals surface area contributed by atoms with Gasteiger partial charge in [-0.3, -0.25) is 0 Å². The number of ether oxygens (including phenoxy) is 2. The van der Waals surface area contributed by atoms with Gasteiger partial charge in [-0.2, -0.15) is 0 Å². The molecular weight excluding hydrogens is 226 g/mol. The maximum Gasteiger partial charge on any atom is 0.121 e. The van der Waals surface area contributed by atoms with Crippen molar-refractivity contribution in [2.45, 2.75) is 31.8 Å². The molecule has 0 aromatic heterocycles. The summed E-state index contributed by atoms with van der Waals surface area (Å²) < 4.78 is 11.3. The Hall–Kier alpha value is -1.22. The molecule has 3 nitrogen and oxygen atoms in total. The molecular formula is C15H21NO2. The topological polar surface area (TPSA) is 30.5 Å². The second kappa shape index (κ2) is 5.61. The molecule has 0 amide bonds. The third kappa shape index (κ3) is 3.39. The lowest BCUT2D eigenvalue weighted by molar-refractivity contribution is 0.0680. The Kier molecular flexibility index (Phi) is 3.69. The highest BCUT2D eigenvalue weighted by atomic mass is 16.5. The lowest BCUT2D eigenvalue weighted by atomic mass is 10.2. The van der Waals surface area contributed by atoms with Gasteiger partial charge in [-0.25, -0.2) is 0 Å². The molecule has 1 aromatic carbocycles. The van der Waals surface area contributed by atoms with Crippen LogP contribution in [-0.4, -0.2) is 25.9 Å². The van der Waals surface area contributed by atoms with Gasteiger partial charge in [0.05, 0.1) is 6.10 Å². The summed E-state index contributed by atoms with van der Waals surface area (Å²) in [7, 11) is 0. The second-order valence-corrected chi connectivity index (χ2v) is 5.30. The van der Waals surface area contributed by atoms with Gasteiger partial charge in [-0.1, -0.05) is 6.07 Å². The minimum absolute atomic E-state index is 0.285. The van der Waals surface area contributed by atoms with E-state index in [1.54, 1.807) is 0 Å². The van der Waals surface area contributed by atoms with E-state index >= 15 is 0 Å². The quantitative estimate of drug-likeness (QED) is 0.838. The van der Waals surface area contributed by atoms with Crippen molar-refractivity contribution in [3.63, 3.8) is 0 Å². The van der Waals surface area contributed by atoms with E-state index in [0.29, 0.717) is 6.61 Å². The zero-order chi connectivity index (χ0) is 12.2. The van der Waals surface area contributed by atoms with Gasteiger partial charge >= 0.3 is 0 Å². The summed E-state index contributed by atoms with van der Waals surface area (Å²) in [6, 6.07) is 8.23. The zero-order valence-corrected chi connectivity index (χ0v) is 10.7. The van der Waals surface area contributed by atoms with Crippen LogP contribution >= 0.6 is 0 Å². The minimum Gasteiger partial charge on any atom is -0.491 e. The molecule has 0 bridgehead atoms. The fraction of sp³-hybridized carbons (Fsp3) is 0.600. The van der Waals surface area contributed by atoms with Crippen LogP contribution in [0.5, 0.6) is 5.75 Å². The van der Waals surface area contributed by atoms with E-state index in [1.165, 1.54) is 12.8 Å². The van der Waals surface area contributed by atoms with Crippen molar-refractivity contribution in [1.82, 2.24) is 0 Å². The summed E-state index contributed by atoms with van der Waals surface area (Å²) in [5, 5.41) is 3.46. The van der Waals surface area contributed by atoms with Crippen LogP contribution in [0.3, 0.4) is 0 Å². The summed E-state index contributed by atoms with van der Waals surface area (Å²) in [4.78, 5) is 0. The van der Waals surface area contributed by atoms with Crippen molar-refractivity contribution in [3.8, 4) is 5.75 Å². The molecule has 2 fully saturated rings. The Morgan fingerprint density at radius 1 is 1.28 bits per heavy atom. The number of hydrogen-bond donors (Lipinski definition) is 1. The molecule has 3 heteroatoms. The van der Waals surface area contributed by atoms with Crippen LogP contribution in [0.2, 0.25) is 0 Å². The standard InChI is InChI=1S/C15H21NO2/c1-3-13(16-10-12-6-7-12)9-14(4-1)18-11-15-5-2-8-17-15/h1,3-4,9,12,15-16H,2,5-8,10-11H2. The molecule has 1 saturated carbocycles. The van der Waals surface area contributed by atoms with Gasteiger partial charge in [0.1, 0.15) is 12.4 Å². The van der Waals surface area contributed by atoms with Gasteiger partial charge in [0.15, 0.2) is 0 Å². The monoisotopic (exact) mass is 247 g/mol. The van der Waals surface area contributed by atoms with E-state index in [1.807, 2.05) is 12.1 Å². The maximum absolute atomic E-state index is 5.79. The van der Waals surface area contributed by atoms with Crippen LogP contribution in [0.1, 0.15) is 25.7 Å². The van der Waals surface area contributed by atoms with Crippen LogP contribution < -0.4 is 10.1 Å². The number of anilines is 1. The highest BCUT2D eigenvalue weighted by molar-refractivity contribution is 5.48. The Balaban J connectivity index is 1.49. The average Bonchev–Trinajstić information content (AvgIpc) is 3.09. The third-order valence-electron chi connectivity index (χ3n) is 3.59. The van der Waals surface area contributed by atoms with E-state index < -0.39 is 0 Å². The number of rotatable bonds is 6. The van der Waals surface area contributed by atoms with Crippen LogP contribution in [0.25, 0.3) is 0 Å². The first-order valence-corrected chi connectivity index (χ1v) is 6.98. The van der Waals surface area contributed by atoms with Gasteiger partial charge < -0.3 is 14.8 Å². The zero-order valence-electron chi connectivity index (χ0n) is 10.7. The van der Waals surface area contributed by atoms with Gasteiger partial charge in [0.2, 0.25) is 0 Å². The number of hydrogen-bond acceptors (Lipinski definition) is 3. The second-order valence-electron chi connectivity index (χ2n) is 5.30. The van der Waals surface area contributed by atoms with Crippen LogP contribution in [0, 0.1) is 5.92 Å². The molecule has 1 unspecified atom stereocenters. The molecule has 2 aliphatic rings. The number of nitrogens with one attached hydrogen (secondary N) is 1. The predicted octanol–water partition coefficient (Wildman–Crippen LogP) is 3.07. The molecule has 1 aliphatic heterocycles. The fourth-order valence-corrected chi connectivity index (χ4v) is 2.24. The van der Waals surface area contributed by atoms with Crippen molar-refractivity contribution in [1.29, 1.82) is 0 Å². The molecule has 0 spiro atoms. The van der Waals surface area contributed by atoms with Gasteiger partial charge in [-0.05, 0) is 43.7 Å². The first kappa shape index (κ1) is 11.8. The summed E-state index contributed by atoms with van der Waals surface area (Å²) >= 11 is 0. The lowest BCUT2D eigenvalue weighted by Gasteiger charge is -2.12. The normalized spacial score (nSPS) is 23.0. The molecule has 98 valence electrons. The Morgan fingerprint density at radius 2 is 2.22 bits per heavy atom. The summed E-state index contributed by atoms with van der Waals surface area (Å²) in [5.74, 6) is 1.83. The van der Waals surface area contributed by atoms with Gasteiger partial charge in [0, 0.05) is 24.9 Å². The van der Waals surface area contributed by atoms with Crippen LogP contribution in [0.15, 0.2) is 24.3 Å². The largest absolute Gasteiger partial charge is 0.491 e. The summed E-state index contributed by atoms with van der Waals surface area (Å²) in [6.45, 7) is 2.65. The van der Waals surface area contributed by atoms with E-state index in [4.69, 9.17) is 9.47 Å². The van der Waals surface area contributed by atoms with Crippen molar-refractivity contribution in [2.24, 2.45) is 5.92 Å². The highest BCUT2D eigenvalue weighted by Crippen LogP contribution is 2.29.